The Bertz CT molecular complexity index is 1070. The van der Waals surface area contributed by atoms with Gasteiger partial charge in [0.1, 0.15) is 5.76 Å². The van der Waals surface area contributed by atoms with E-state index in [1.54, 1.807) is 24.3 Å². The topological polar surface area (TPSA) is 138 Å². The smallest absolute Gasteiger partial charge is 0.303 e. The average Bonchev–Trinajstić information content (AvgIpc) is 2.98. The minimum absolute atomic E-state index is 0.0246. The van der Waals surface area contributed by atoms with Gasteiger partial charge < -0.3 is 15.1 Å². The Hall–Kier alpha value is -4.01. The molecular weight excluding hydrogens is 404 g/mol. The molecule has 2 aromatic rings. The van der Waals surface area contributed by atoms with Crippen molar-refractivity contribution < 1.29 is 29.5 Å². The Kier molecular flexibility index (Phi) is 6.15. The summed E-state index contributed by atoms with van der Waals surface area (Å²) in [5.74, 6) is -3.15. The standard InChI is InChI=1S/C22H20N2O7/c1-13-4-6-15(7-5-13)20(27)18-19(14-8-10-16(11-9-14)24(30)31)23(22(29)21(18)28)12-2-3-17(25)26/h4-11,19,27H,2-3,12H2,1H3,(H,25,26)/b20-18+/t19-/m0/s1. The molecule has 3 rings (SSSR count). The molecule has 0 aliphatic carbocycles. The minimum atomic E-state index is -1.04. The number of nitro groups is 1. The first-order valence-electron chi connectivity index (χ1n) is 9.52. The monoisotopic (exact) mass is 424 g/mol. The molecule has 2 aromatic carbocycles. The molecular formula is C22H20N2O7. The normalized spacial score (nSPS) is 17.7. The largest absolute Gasteiger partial charge is 0.507 e. The van der Waals surface area contributed by atoms with Crippen molar-refractivity contribution in [2.45, 2.75) is 25.8 Å². The van der Waals surface area contributed by atoms with Crippen LogP contribution >= 0.6 is 0 Å². The summed E-state index contributed by atoms with van der Waals surface area (Å²) >= 11 is 0. The molecule has 2 N–H and O–H groups in total. The van der Waals surface area contributed by atoms with E-state index in [2.05, 4.69) is 0 Å². The SMILES string of the molecule is Cc1ccc(/C(O)=C2\C(=O)C(=O)N(CCCC(=O)O)[C@H]2c2ccc([N+](=O)[O-])cc2)cc1. The van der Waals surface area contributed by atoms with Gasteiger partial charge in [0, 0.05) is 30.7 Å². The van der Waals surface area contributed by atoms with Crippen LogP contribution in [-0.2, 0) is 14.4 Å². The maximum absolute atomic E-state index is 12.8. The summed E-state index contributed by atoms with van der Waals surface area (Å²) in [6.45, 7) is 1.84. The molecule has 0 saturated carbocycles. The summed E-state index contributed by atoms with van der Waals surface area (Å²) in [5, 5.41) is 30.8. The number of aliphatic hydroxyl groups is 1. The van der Waals surface area contributed by atoms with Crippen LogP contribution in [0.1, 0.15) is 35.6 Å². The zero-order valence-corrected chi connectivity index (χ0v) is 16.6. The molecule has 0 bridgehead atoms. The molecule has 0 spiro atoms. The quantitative estimate of drug-likeness (QED) is 0.229. The second-order valence-electron chi connectivity index (χ2n) is 7.20. The van der Waals surface area contributed by atoms with E-state index in [-0.39, 0.29) is 36.4 Å². The van der Waals surface area contributed by atoms with Crippen molar-refractivity contribution in [3.8, 4) is 0 Å². The van der Waals surface area contributed by atoms with Crippen LogP contribution < -0.4 is 0 Å². The number of aryl methyl sites for hydroxylation is 1. The van der Waals surface area contributed by atoms with Crippen molar-refractivity contribution in [3.05, 3.63) is 80.9 Å². The molecule has 0 radical (unpaired) electrons. The molecule has 1 aliphatic heterocycles. The van der Waals surface area contributed by atoms with Crippen molar-refractivity contribution in [2.24, 2.45) is 0 Å². The molecule has 1 heterocycles. The maximum atomic E-state index is 12.8. The summed E-state index contributed by atoms with van der Waals surface area (Å²) in [6, 6.07) is 11.1. The van der Waals surface area contributed by atoms with Crippen LogP contribution in [-0.4, -0.2) is 44.2 Å². The second-order valence-corrected chi connectivity index (χ2v) is 7.20. The highest BCUT2D eigenvalue weighted by Gasteiger charge is 2.45. The lowest BCUT2D eigenvalue weighted by Gasteiger charge is -2.25. The number of carboxylic acid groups (broad SMARTS) is 1. The molecule has 31 heavy (non-hydrogen) atoms. The molecule has 160 valence electrons. The van der Waals surface area contributed by atoms with E-state index in [0.29, 0.717) is 11.1 Å². The summed E-state index contributed by atoms with van der Waals surface area (Å²) in [7, 11) is 0. The number of likely N-dealkylation sites (tertiary alicyclic amines) is 1. The number of rotatable bonds is 7. The van der Waals surface area contributed by atoms with Crippen molar-refractivity contribution in [3.63, 3.8) is 0 Å². The van der Waals surface area contributed by atoms with E-state index >= 15 is 0 Å². The Labute approximate surface area is 177 Å². The molecule has 1 fully saturated rings. The van der Waals surface area contributed by atoms with Gasteiger partial charge in [-0.2, -0.15) is 0 Å². The number of aliphatic carboxylic acids is 1. The van der Waals surface area contributed by atoms with Crippen LogP contribution in [0.15, 0.2) is 54.1 Å². The molecule has 9 heteroatoms. The van der Waals surface area contributed by atoms with Crippen molar-refractivity contribution >= 4 is 29.1 Å². The van der Waals surface area contributed by atoms with Gasteiger partial charge >= 0.3 is 5.97 Å². The molecule has 1 aliphatic rings. The third-order valence-corrected chi connectivity index (χ3v) is 5.07. The van der Waals surface area contributed by atoms with Crippen LogP contribution in [0.2, 0.25) is 0 Å². The van der Waals surface area contributed by atoms with E-state index in [0.717, 1.165) is 5.56 Å². The number of nitrogens with zero attached hydrogens (tertiary/aromatic N) is 2. The highest BCUT2D eigenvalue weighted by Crippen LogP contribution is 2.40. The third kappa shape index (κ3) is 4.45. The van der Waals surface area contributed by atoms with Gasteiger partial charge in [-0.25, -0.2) is 0 Å². The lowest BCUT2D eigenvalue weighted by Crippen LogP contribution is -2.31. The van der Waals surface area contributed by atoms with Crippen LogP contribution in [0.4, 0.5) is 5.69 Å². The lowest BCUT2D eigenvalue weighted by molar-refractivity contribution is -0.384. The van der Waals surface area contributed by atoms with E-state index in [1.165, 1.54) is 29.2 Å². The fourth-order valence-corrected chi connectivity index (χ4v) is 3.50. The number of amides is 1. The summed E-state index contributed by atoms with van der Waals surface area (Å²) in [4.78, 5) is 48.0. The number of non-ortho nitro benzene ring substituents is 1. The average molecular weight is 424 g/mol. The first-order chi connectivity index (χ1) is 14.7. The highest BCUT2D eigenvalue weighted by molar-refractivity contribution is 6.46. The first kappa shape index (κ1) is 21.7. The Balaban J connectivity index is 2.10. The van der Waals surface area contributed by atoms with E-state index in [1.807, 2.05) is 6.92 Å². The maximum Gasteiger partial charge on any atom is 0.303 e. The molecule has 0 aromatic heterocycles. The predicted molar refractivity (Wildman–Crippen MR) is 110 cm³/mol. The predicted octanol–water partition coefficient (Wildman–Crippen LogP) is 3.19. The van der Waals surface area contributed by atoms with E-state index in [4.69, 9.17) is 5.11 Å². The molecule has 1 atom stereocenters. The number of ketones is 1. The third-order valence-electron chi connectivity index (χ3n) is 5.07. The fraction of sp³-hybridized carbons (Fsp3) is 0.227. The van der Waals surface area contributed by atoms with Crippen LogP contribution in [0.5, 0.6) is 0 Å². The summed E-state index contributed by atoms with van der Waals surface area (Å²) in [6.07, 6.45) is -0.0929. The van der Waals surface area contributed by atoms with Crippen LogP contribution in [0.3, 0.4) is 0 Å². The zero-order chi connectivity index (χ0) is 22.7. The molecule has 0 unspecified atom stereocenters. The van der Waals surface area contributed by atoms with Gasteiger partial charge in [-0.1, -0.05) is 29.8 Å². The van der Waals surface area contributed by atoms with Crippen molar-refractivity contribution in [1.29, 1.82) is 0 Å². The Morgan fingerprint density at radius 1 is 1.06 bits per heavy atom. The lowest BCUT2D eigenvalue weighted by atomic mass is 9.95. The van der Waals surface area contributed by atoms with Gasteiger partial charge in [0.15, 0.2) is 0 Å². The molecule has 9 nitrogen and oxygen atoms in total. The summed E-state index contributed by atoms with van der Waals surface area (Å²) in [5.41, 5.74) is 1.38. The van der Waals surface area contributed by atoms with Crippen molar-refractivity contribution in [1.82, 2.24) is 4.90 Å². The zero-order valence-electron chi connectivity index (χ0n) is 16.6. The number of benzene rings is 2. The Morgan fingerprint density at radius 3 is 2.23 bits per heavy atom. The second kappa shape index (κ2) is 8.78. The van der Waals surface area contributed by atoms with Gasteiger partial charge in [0.05, 0.1) is 16.5 Å². The van der Waals surface area contributed by atoms with E-state index < -0.39 is 28.6 Å². The fourth-order valence-electron chi connectivity index (χ4n) is 3.50. The summed E-state index contributed by atoms with van der Waals surface area (Å²) < 4.78 is 0. The number of aliphatic hydroxyl groups excluding tert-OH is 1. The number of hydrogen-bond donors (Lipinski definition) is 2. The van der Waals surface area contributed by atoms with Gasteiger partial charge in [-0.3, -0.25) is 24.5 Å². The Morgan fingerprint density at radius 2 is 1.68 bits per heavy atom. The molecule has 1 amide bonds. The number of nitro benzene ring substituents is 1. The number of carbonyl (C=O) groups is 3. The van der Waals surface area contributed by atoms with Gasteiger partial charge in [0.25, 0.3) is 17.4 Å². The van der Waals surface area contributed by atoms with Gasteiger partial charge in [0.2, 0.25) is 0 Å². The number of hydrogen-bond acceptors (Lipinski definition) is 6. The first-order valence-corrected chi connectivity index (χ1v) is 9.52. The van der Waals surface area contributed by atoms with E-state index in [9.17, 15) is 29.6 Å². The van der Waals surface area contributed by atoms with Crippen LogP contribution in [0, 0.1) is 17.0 Å². The molecule has 1 saturated heterocycles. The number of carbonyl (C=O) groups excluding carboxylic acids is 2. The van der Waals surface area contributed by atoms with Gasteiger partial charge in [-0.15, -0.1) is 0 Å². The van der Waals surface area contributed by atoms with Crippen molar-refractivity contribution in [2.75, 3.05) is 6.54 Å². The number of Topliss-reactive ketones (excluding diaryl/α,β-unsaturated/α-hetero) is 1. The minimum Gasteiger partial charge on any atom is -0.507 e. The van der Waals surface area contributed by atoms with Crippen LogP contribution in [0.25, 0.3) is 5.76 Å². The number of carboxylic acids is 1. The highest BCUT2D eigenvalue weighted by atomic mass is 16.6. The van der Waals surface area contributed by atoms with Gasteiger partial charge in [-0.05, 0) is 31.0 Å².